The smallest absolute Gasteiger partial charge is 0.324 e. The summed E-state index contributed by atoms with van der Waals surface area (Å²) in [7, 11) is 0. The Labute approximate surface area is 142 Å². The van der Waals surface area contributed by atoms with Crippen molar-refractivity contribution < 1.29 is 19.0 Å². The normalized spacial score (nSPS) is 28.8. The van der Waals surface area contributed by atoms with Crippen molar-refractivity contribution in [2.75, 3.05) is 24.7 Å². The van der Waals surface area contributed by atoms with Crippen LogP contribution in [0.4, 0.5) is 9.93 Å². The van der Waals surface area contributed by atoms with Crippen LogP contribution in [0.5, 0.6) is 11.5 Å². The van der Waals surface area contributed by atoms with Crippen LogP contribution in [0.2, 0.25) is 0 Å². The van der Waals surface area contributed by atoms with Crippen LogP contribution in [0.1, 0.15) is 13.3 Å². The summed E-state index contributed by atoms with van der Waals surface area (Å²) >= 11 is 1.51. The van der Waals surface area contributed by atoms with Gasteiger partial charge in [-0.3, -0.25) is 4.90 Å². The summed E-state index contributed by atoms with van der Waals surface area (Å²) in [5, 5.41) is 3.70. The molecule has 0 radical (unpaired) electrons. The van der Waals surface area contributed by atoms with Gasteiger partial charge in [-0.15, -0.1) is 0 Å². The van der Waals surface area contributed by atoms with Gasteiger partial charge in [-0.25, -0.2) is 9.78 Å². The summed E-state index contributed by atoms with van der Waals surface area (Å²) in [5.41, 5.74) is 0.767. The van der Waals surface area contributed by atoms with Crippen molar-refractivity contribution in [2.45, 2.75) is 31.5 Å². The maximum atomic E-state index is 12.5. The lowest BCUT2D eigenvalue weighted by molar-refractivity contribution is 0.00885. The SMILES string of the molecule is CC1CC2C(CO1)NC(=O)N2c1nc2c3c(ccc2s1)OCCO3. The molecule has 7 nitrogen and oxygen atoms in total. The van der Waals surface area contributed by atoms with E-state index >= 15 is 0 Å². The molecule has 126 valence electrons. The largest absolute Gasteiger partial charge is 0.486 e. The lowest BCUT2D eigenvalue weighted by Gasteiger charge is -2.32. The van der Waals surface area contributed by atoms with E-state index in [0.29, 0.717) is 36.5 Å². The highest BCUT2D eigenvalue weighted by Gasteiger charge is 2.45. The van der Waals surface area contributed by atoms with Crippen molar-refractivity contribution in [1.82, 2.24) is 10.3 Å². The third kappa shape index (κ3) is 2.06. The summed E-state index contributed by atoms with van der Waals surface area (Å²) in [6, 6.07) is 3.88. The zero-order valence-corrected chi connectivity index (χ0v) is 14.0. The van der Waals surface area contributed by atoms with E-state index in [1.54, 1.807) is 4.90 Å². The molecule has 3 aliphatic heterocycles. The van der Waals surface area contributed by atoms with Crippen LogP contribution in [0.15, 0.2) is 12.1 Å². The fraction of sp³-hybridized carbons (Fsp3) is 0.500. The summed E-state index contributed by atoms with van der Waals surface area (Å²) in [6.45, 7) is 3.65. The molecular weight excluding hydrogens is 330 g/mol. The Bertz CT molecular complexity index is 823. The molecular formula is C16H17N3O4S. The Morgan fingerprint density at radius 1 is 1.33 bits per heavy atom. The molecule has 8 heteroatoms. The molecule has 0 spiro atoms. The van der Waals surface area contributed by atoms with Gasteiger partial charge in [-0.05, 0) is 25.5 Å². The first kappa shape index (κ1) is 14.3. The van der Waals surface area contributed by atoms with Gasteiger partial charge < -0.3 is 19.5 Å². The number of aromatic nitrogens is 1. The van der Waals surface area contributed by atoms with Gasteiger partial charge in [0.25, 0.3) is 0 Å². The third-order valence-electron chi connectivity index (χ3n) is 4.72. The summed E-state index contributed by atoms with van der Waals surface area (Å²) < 4.78 is 18.0. The van der Waals surface area contributed by atoms with Crippen molar-refractivity contribution in [3.8, 4) is 11.5 Å². The molecule has 2 saturated heterocycles. The Balaban J connectivity index is 1.57. The van der Waals surface area contributed by atoms with Crippen molar-refractivity contribution in [3.05, 3.63) is 12.1 Å². The summed E-state index contributed by atoms with van der Waals surface area (Å²) in [6.07, 6.45) is 0.942. The molecule has 1 N–H and O–H groups in total. The molecule has 3 unspecified atom stereocenters. The van der Waals surface area contributed by atoms with E-state index in [-0.39, 0.29) is 24.2 Å². The molecule has 2 aromatic rings. The Kier molecular flexibility index (Phi) is 3.11. The fourth-order valence-electron chi connectivity index (χ4n) is 3.57. The topological polar surface area (TPSA) is 72.9 Å². The van der Waals surface area contributed by atoms with E-state index in [0.717, 1.165) is 16.6 Å². The van der Waals surface area contributed by atoms with Gasteiger partial charge in [-0.1, -0.05) is 11.3 Å². The fourth-order valence-corrected chi connectivity index (χ4v) is 4.59. The third-order valence-corrected chi connectivity index (χ3v) is 5.74. The van der Waals surface area contributed by atoms with Crippen LogP contribution in [-0.4, -0.2) is 49.0 Å². The number of anilines is 1. The minimum Gasteiger partial charge on any atom is -0.486 e. The van der Waals surface area contributed by atoms with E-state index in [4.69, 9.17) is 19.2 Å². The van der Waals surface area contributed by atoms with Crippen molar-refractivity contribution in [3.63, 3.8) is 0 Å². The van der Waals surface area contributed by atoms with E-state index in [2.05, 4.69) is 5.32 Å². The monoisotopic (exact) mass is 347 g/mol. The Morgan fingerprint density at radius 2 is 2.21 bits per heavy atom. The molecule has 24 heavy (non-hydrogen) atoms. The lowest BCUT2D eigenvalue weighted by Crippen LogP contribution is -2.46. The molecule has 2 fully saturated rings. The van der Waals surface area contributed by atoms with Crippen LogP contribution in [-0.2, 0) is 4.74 Å². The van der Waals surface area contributed by atoms with Gasteiger partial charge >= 0.3 is 6.03 Å². The number of rotatable bonds is 1. The van der Waals surface area contributed by atoms with Gasteiger partial charge in [0.1, 0.15) is 18.7 Å². The average Bonchev–Trinajstić information content (AvgIpc) is 3.14. The Hall–Kier alpha value is -2.06. The van der Waals surface area contributed by atoms with Crippen LogP contribution in [0, 0.1) is 0 Å². The highest BCUT2D eigenvalue weighted by atomic mass is 32.1. The molecule has 1 aromatic carbocycles. The number of thiazole rings is 1. The van der Waals surface area contributed by atoms with E-state index in [1.165, 1.54) is 11.3 Å². The van der Waals surface area contributed by atoms with Crippen LogP contribution in [0.3, 0.4) is 0 Å². The molecule has 5 rings (SSSR count). The second kappa shape index (κ2) is 5.22. The average molecular weight is 347 g/mol. The number of nitrogens with one attached hydrogen (secondary N) is 1. The van der Waals surface area contributed by atoms with Crippen molar-refractivity contribution >= 4 is 32.7 Å². The summed E-state index contributed by atoms with van der Waals surface area (Å²) in [5.74, 6) is 1.40. The quantitative estimate of drug-likeness (QED) is 0.856. The maximum Gasteiger partial charge on any atom is 0.324 e. The number of urea groups is 1. The first-order valence-corrected chi connectivity index (χ1v) is 8.93. The molecule has 3 aliphatic rings. The van der Waals surface area contributed by atoms with Gasteiger partial charge in [0.2, 0.25) is 0 Å². The van der Waals surface area contributed by atoms with Gasteiger partial charge in [0, 0.05) is 0 Å². The van der Waals surface area contributed by atoms with Crippen molar-refractivity contribution in [2.24, 2.45) is 0 Å². The number of benzene rings is 1. The predicted molar refractivity (Wildman–Crippen MR) is 89.2 cm³/mol. The van der Waals surface area contributed by atoms with Crippen LogP contribution in [0.25, 0.3) is 10.2 Å². The lowest BCUT2D eigenvalue weighted by atomic mass is 10.0. The molecule has 4 heterocycles. The van der Waals surface area contributed by atoms with Crippen molar-refractivity contribution in [1.29, 1.82) is 0 Å². The highest BCUT2D eigenvalue weighted by Crippen LogP contribution is 2.42. The number of nitrogens with zero attached hydrogens (tertiary/aromatic N) is 2. The van der Waals surface area contributed by atoms with E-state index in [1.807, 2.05) is 19.1 Å². The standard InChI is InChI=1S/C16H17N3O4S/c1-8-6-10-9(7-23-8)17-15(20)19(10)16-18-13-12(24-16)3-2-11-14(13)22-5-4-21-11/h2-3,8-10H,4-7H2,1H3,(H,17,20). The zero-order valence-electron chi connectivity index (χ0n) is 13.2. The molecule has 0 bridgehead atoms. The zero-order chi connectivity index (χ0) is 16.3. The minimum absolute atomic E-state index is 0.0224. The van der Waals surface area contributed by atoms with Crippen LogP contribution < -0.4 is 19.7 Å². The highest BCUT2D eigenvalue weighted by molar-refractivity contribution is 7.22. The number of carbonyl (C=O) groups is 1. The summed E-state index contributed by atoms with van der Waals surface area (Å²) in [4.78, 5) is 19.0. The predicted octanol–water partition coefficient (Wildman–Crippen LogP) is 2.14. The Morgan fingerprint density at radius 3 is 3.12 bits per heavy atom. The number of amides is 2. The molecule has 0 saturated carbocycles. The number of carbonyl (C=O) groups excluding carboxylic acids is 1. The molecule has 1 aromatic heterocycles. The maximum absolute atomic E-state index is 12.5. The van der Waals surface area contributed by atoms with Gasteiger partial charge in [-0.2, -0.15) is 0 Å². The number of fused-ring (bicyclic) bond motifs is 4. The van der Waals surface area contributed by atoms with E-state index < -0.39 is 0 Å². The first-order valence-electron chi connectivity index (χ1n) is 8.11. The first-order chi connectivity index (χ1) is 11.7. The number of hydrogen-bond donors (Lipinski definition) is 1. The molecule has 2 amide bonds. The molecule has 3 atom stereocenters. The minimum atomic E-state index is -0.104. The molecule has 0 aliphatic carbocycles. The number of hydrogen-bond acceptors (Lipinski definition) is 6. The van der Waals surface area contributed by atoms with E-state index in [9.17, 15) is 4.79 Å². The van der Waals surface area contributed by atoms with Gasteiger partial charge in [0.05, 0.1) is 29.5 Å². The van der Waals surface area contributed by atoms with Gasteiger partial charge in [0.15, 0.2) is 16.6 Å². The second-order valence-electron chi connectivity index (χ2n) is 6.31. The second-order valence-corrected chi connectivity index (χ2v) is 7.32. The number of ether oxygens (including phenoxy) is 3. The van der Waals surface area contributed by atoms with Crippen LogP contribution >= 0.6 is 11.3 Å².